The fourth-order valence-electron chi connectivity index (χ4n) is 2.75. The number of anilines is 3. The van der Waals surface area contributed by atoms with E-state index in [2.05, 4.69) is 58.3 Å². The predicted octanol–water partition coefficient (Wildman–Crippen LogP) is 4.56. The van der Waals surface area contributed by atoms with Crippen molar-refractivity contribution in [2.75, 3.05) is 23.9 Å². The smallest absolute Gasteiger partial charge is 0.231 e. The van der Waals surface area contributed by atoms with Crippen LogP contribution in [0.2, 0.25) is 0 Å². The molecule has 0 saturated carbocycles. The van der Waals surface area contributed by atoms with Crippen LogP contribution in [-0.2, 0) is 6.54 Å². The van der Waals surface area contributed by atoms with E-state index in [1.807, 2.05) is 30.3 Å². The third-order valence-corrected chi connectivity index (χ3v) is 4.15. The van der Waals surface area contributed by atoms with Gasteiger partial charge in [0.2, 0.25) is 5.95 Å². The molecule has 0 amide bonds. The van der Waals surface area contributed by atoms with Crippen LogP contribution in [0.15, 0.2) is 60.8 Å². The highest BCUT2D eigenvalue weighted by molar-refractivity contribution is 5.59. The molecule has 134 valence electrons. The van der Waals surface area contributed by atoms with Crippen molar-refractivity contribution in [2.45, 2.75) is 20.4 Å². The topological polar surface area (TPSA) is 50.3 Å². The molecule has 1 aromatic heterocycles. The summed E-state index contributed by atoms with van der Waals surface area (Å²) in [6.45, 7) is 5.68. The number of ether oxygens (including phenoxy) is 1. The van der Waals surface area contributed by atoms with Crippen molar-refractivity contribution in [1.29, 1.82) is 0 Å². The van der Waals surface area contributed by atoms with E-state index in [0.717, 1.165) is 29.4 Å². The van der Waals surface area contributed by atoms with Gasteiger partial charge in [0.05, 0.1) is 7.11 Å². The second kappa shape index (κ2) is 8.34. The van der Waals surface area contributed by atoms with Crippen LogP contribution in [0.25, 0.3) is 0 Å². The van der Waals surface area contributed by atoms with Crippen molar-refractivity contribution >= 4 is 17.5 Å². The summed E-state index contributed by atoms with van der Waals surface area (Å²) in [6, 6.07) is 18.2. The highest BCUT2D eigenvalue weighted by Crippen LogP contribution is 2.23. The van der Waals surface area contributed by atoms with Gasteiger partial charge in [0.25, 0.3) is 0 Å². The summed E-state index contributed by atoms with van der Waals surface area (Å²) in [6.07, 6.45) is 1.79. The van der Waals surface area contributed by atoms with Crippen LogP contribution in [-0.4, -0.2) is 23.6 Å². The first kappa shape index (κ1) is 17.7. The number of hydrogen-bond donors (Lipinski definition) is 1. The van der Waals surface area contributed by atoms with Gasteiger partial charge in [-0.2, -0.15) is 4.98 Å². The molecule has 0 spiro atoms. The summed E-state index contributed by atoms with van der Waals surface area (Å²) >= 11 is 0. The Hall–Kier alpha value is -3.08. The summed E-state index contributed by atoms with van der Waals surface area (Å²) in [5.41, 5.74) is 3.48. The molecule has 0 aliphatic carbocycles. The van der Waals surface area contributed by atoms with Gasteiger partial charge in [-0.1, -0.05) is 24.3 Å². The Kier molecular flexibility index (Phi) is 5.69. The number of rotatable bonds is 7. The van der Waals surface area contributed by atoms with E-state index in [0.29, 0.717) is 12.5 Å². The van der Waals surface area contributed by atoms with Gasteiger partial charge < -0.3 is 15.0 Å². The zero-order valence-corrected chi connectivity index (χ0v) is 15.4. The molecular weight excluding hydrogens is 324 g/mol. The minimum Gasteiger partial charge on any atom is -0.497 e. The summed E-state index contributed by atoms with van der Waals surface area (Å²) < 4.78 is 5.19. The van der Waals surface area contributed by atoms with E-state index in [4.69, 9.17) is 4.74 Å². The summed E-state index contributed by atoms with van der Waals surface area (Å²) in [5.74, 6) is 2.35. The molecule has 0 aliphatic heterocycles. The van der Waals surface area contributed by atoms with Crippen LogP contribution >= 0.6 is 0 Å². The number of nitrogens with one attached hydrogen (secondary N) is 1. The fraction of sp³-hybridized carbons (Fsp3) is 0.238. The van der Waals surface area contributed by atoms with Crippen LogP contribution in [0, 0.1) is 6.92 Å². The van der Waals surface area contributed by atoms with Crippen LogP contribution in [0.1, 0.15) is 18.1 Å². The van der Waals surface area contributed by atoms with Gasteiger partial charge in [-0.3, -0.25) is 0 Å². The average molecular weight is 348 g/mol. The van der Waals surface area contributed by atoms with Gasteiger partial charge >= 0.3 is 0 Å². The molecule has 3 rings (SSSR count). The van der Waals surface area contributed by atoms with Crippen molar-refractivity contribution in [3.8, 4) is 5.75 Å². The van der Waals surface area contributed by atoms with Crippen LogP contribution in [0.5, 0.6) is 5.75 Å². The maximum Gasteiger partial charge on any atom is 0.231 e. The molecule has 2 aromatic carbocycles. The largest absolute Gasteiger partial charge is 0.497 e. The molecule has 0 radical (unpaired) electrons. The SMILES string of the molecule is CCN(c1cccc(C)c1)c1nccc(NCc2ccc(OC)cc2)n1. The quantitative estimate of drug-likeness (QED) is 0.678. The van der Waals surface area contributed by atoms with E-state index in [9.17, 15) is 0 Å². The molecule has 1 heterocycles. The van der Waals surface area contributed by atoms with Crippen molar-refractivity contribution in [3.63, 3.8) is 0 Å². The maximum absolute atomic E-state index is 5.19. The number of hydrogen-bond acceptors (Lipinski definition) is 5. The highest BCUT2D eigenvalue weighted by atomic mass is 16.5. The monoisotopic (exact) mass is 348 g/mol. The molecule has 1 N–H and O–H groups in total. The Morgan fingerprint density at radius 2 is 1.88 bits per heavy atom. The van der Waals surface area contributed by atoms with Crippen LogP contribution < -0.4 is 15.0 Å². The van der Waals surface area contributed by atoms with E-state index in [1.54, 1.807) is 13.3 Å². The minimum absolute atomic E-state index is 0.691. The Morgan fingerprint density at radius 3 is 2.58 bits per heavy atom. The first-order valence-electron chi connectivity index (χ1n) is 8.73. The van der Waals surface area contributed by atoms with Crippen molar-refractivity contribution in [1.82, 2.24) is 9.97 Å². The normalized spacial score (nSPS) is 10.4. The fourth-order valence-corrected chi connectivity index (χ4v) is 2.75. The van der Waals surface area contributed by atoms with Gasteiger partial charge in [-0.05, 0) is 55.3 Å². The van der Waals surface area contributed by atoms with Gasteiger partial charge in [0.15, 0.2) is 0 Å². The van der Waals surface area contributed by atoms with Crippen LogP contribution in [0.4, 0.5) is 17.5 Å². The zero-order valence-electron chi connectivity index (χ0n) is 15.4. The molecule has 3 aromatic rings. The number of methoxy groups -OCH3 is 1. The summed E-state index contributed by atoms with van der Waals surface area (Å²) in [7, 11) is 1.67. The third-order valence-electron chi connectivity index (χ3n) is 4.15. The van der Waals surface area contributed by atoms with Gasteiger partial charge in [-0.15, -0.1) is 0 Å². The van der Waals surface area contributed by atoms with E-state index in [1.165, 1.54) is 5.56 Å². The number of benzene rings is 2. The molecule has 0 bridgehead atoms. The average Bonchev–Trinajstić information content (AvgIpc) is 2.68. The molecule has 0 unspecified atom stereocenters. The zero-order chi connectivity index (χ0) is 18.4. The summed E-state index contributed by atoms with van der Waals surface area (Å²) in [5, 5.41) is 3.36. The summed E-state index contributed by atoms with van der Waals surface area (Å²) in [4.78, 5) is 11.2. The second-order valence-corrected chi connectivity index (χ2v) is 6.03. The van der Waals surface area contributed by atoms with Crippen molar-refractivity contribution < 1.29 is 4.74 Å². The van der Waals surface area contributed by atoms with Gasteiger partial charge in [0, 0.05) is 25.0 Å². The van der Waals surface area contributed by atoms with E-state index < -0.39 is 0 Å². The lowest BCUT2D eigenvalue weighted by Gasteiger charge is -2.21. The third kappa shape index (κ3) is 4.30. The lowest BCUT2D eigenvalue weighted by atomic mass is 10.2. The Morgan fingerprint density at radius 1 is 1.08 bits per heavy atom. The standard InChI is InChI=1S/C21H24N4O/c1-4-25(18-7-5-6-16(2)14-18)21-22-13-12-20(24-21)23-15-17-8-10-19(26-3)11-9-17/h5-14H,4,15H2,1-3H3,(H,22,23,24). The lowest BCUT2D eigenvalue weighted by Crippen LogP contribution is -2.19. The van der Waals surface area contributed by atoms with Crippen molar-refractivity contribution in [3.05, 3.63) is 71.9 Å². The molecule has 0 atom stereocenters. The number of aryl methyl sites for hydroxylation is 1. The lowest BCUT2D eigenvalue weighted by molar-refractivity contribution is 0.414. The number of nitrogens with zero attached hydrogens (tertiary/aromatic N) is 3. The second-order valence-electron chi connectivity index (χ2n) is 6.03. The minimum atomic E-state index is 0.691. The van der Waals surface area contributed by atoms with Crippen molar-refractivity contribution in [2.24, 2.45) is 0 Å². The first-order chi connectivity index (χ1) is 12.7. The molecule has 0 saturated heterocycles. The molecule has 5 nitrogen and oxygen atoms in total. The van der Waals surface area contributed by atoms with Crippen LogP contribution in [0.3, 0.4) is 0 Å². The first-order valence-corrected chi connectivity index (χ1v) is 8.73. The Bertz CT molecular complexity index is 849. The predicted molar refractivity (Wildman–Crippen MR) is 106 cm³/mol. The molecule has 5 heteroatoms. The number of aromatic nitrogens is 2. The van der Waals surface area contributed by atoms with E-state index in [-0.39, 0.29) is 0 Å². The molecule has 0 fully saturated rings. The van der Waals surface area contributed by atoms with Gasteiger partial charge in [0.1, 0.15) is 11.6 Å². The van der Waals surface area contributed by atoms with E-state index >= 15 is 0 Å². The highest BCUT2D eigenvalue weighted by Gasteiger charge is 2.11. The van der Waals surface area contributed by atoms with Gasteiger partial charge in [-0.25, -0.2) is 4.98 Å². The Balaban J connectivity index is 1.74. The molecule has 26 heavy (non-hydrogen) atoms. The molecular formula is C21H24N4O. The Labute approximate surface area is 154 Å². The maximum atomic E-state index is 5.19. The molecule has 0 aliphatic rings.